The lowest BCUT2D eigenvalue weighted by molar-refractivity contribution is 0.0904. The molecule has 2 N–H and O–H groups in total. The van der Waals surface area contributed by atoms with Crippen molar-refractivity contribution in [2.24, 2.45) is 5.92 Å². The fourth-order valence-electron chi connectivity index (χ4n) is 5.93. The summed E-state index contributed by atoms with van der Waals surface area (Å²) in [6, 6.07) is 12.5. The maximum Gasteiger partial charge on any atom is 0.333 e. The molecule has 9 nitrogen and oxygen atoms in total. The van der Waals surface area contributed by atoms with Crippen LogP contribution in [0.25, 0.3) is 27.8 Å². The summed E-state index contributed by atoms with van der Waals surface area (Å²) in [5.41, 5.74) is 2.05. The molecule has 5 aromatic rings. The zero-order chi connectivity index (χ0) is 29.4. The van der Waals surface area contributed by atoms with E-state index in [9.17, 15) is 23.5 Å². The Bertz CT molecular complexity index is 1820. The molecule has 0 spiro atoms. The number of aliphatic hydroxyl groups is 1. The lowest BCUT2D eigenvalue weighted by atomic mass is 9.85. The molecule has 0 aliphatic heterocycles. The molecule has 4 heterocycles. The summed E-state index contributed by atoms with van der Waals surface area (Å²) in [5.74, 6) is -0.409. The Morgan fingerprint density at radius 2 is 1.83 bits per heavy atom. The van der Waals surface area contributed by atoms with Gasteiger partial charge in [-0.25, -0.2) is 18.6 Å². The minimum atomic E-state index is -2.88. The average molecular weight is 595 g/mol. The molecular weight excluding hydrogens is 566 g/mol. The van der Waals surface area contributed by atoms with Gasteiger partial charge < -0.3 is 15.0 Å². The Labute approximate surface area is 244 Å². The summed E-state index contributed by atoms with van der Waals surface area (Å²) in [6.45, 7) is 0.965. The molecule has 0 unspecified atom stereocenters. The number of aliphatic hydroxyl groups excluding tert-OH is 1. The van der Waals surface area contributed by atoms with Gasteiger partial charge in [0.25, 0.3) is 12.3 Å². The van der Waals surface area contributed by atoms with Crippen LogP contribution in [0, 0.1) is 5.92 Å². The average Bonchev–Trinajstić information content (AvgIpc) is 3.51. The van der Waals surface area contributed by atoms with Gasteiger partial charge in [0.05, 0.1) is 40.1 Å². The zero-order valence-electron chi connectivity index (χ0n) is 22.6. The lowest BCUT2D eigenvalue weighted by Gasteiger charge is -2.29. The van der Waals surface area contributed by atoms with Crippen LogP contribution in [0.4, 0.5) is 8.78 Å². The predicted molar refractivity (Wildman–Crippen MR) is 155 cm³/mol. The lowest BCUT2D eigenvalue weighted by Crippen LogP contribution is -2.39. The normalized spacial score (nSPS) is 17.4. The third kappa shape index (κ3) is 5.30. The second kappa shape index (κ2) is 11.7. The van der Waals surface area contributed by atoms with E-state index in [1.165, 1.54) is 6.07 Å². The number of rotatable bonds is 8. The molecule has 218 valence electrons. The van der Waals surface area contributed by atoms with Crippen LogP contribution in [0.5, 0.6) is 0 Å². The summed E-state index contributed by atoms with van der Waals surface area (Å²) in [5, 5.41) is 13.2. The highest BCUT2D eigenvalue weighted by Crippen LogP contribution is 2.29. The van der Waals surface area contributed by atoms with Crippen LogP contribution in [-0.4, -0.2) is 47.3 Å². The van der Waals surface area contributed by atoms with Crippen LogP contribution in [0.15, 0.2) is 65.8 Å². The van der Waals surface area contributed by atoms with Gasteiger partial charge in [-0.1, -0.05) is 23.7 Å². The number of benzene rings is 1. The van der Waals surface area contributed by atoms with Crippen LogP contribution in [-0.2, 0) is 13.1 Å². The Balaban J connectivity index is 1.19. The van der Waals surface area contributed by atoms with Crippen LogP contribution >= 0.6 is 11.6 Å². The van der Waals surface area contributed by atoms with Crippen molar-refractivity contribution >= 4 is 39.6 Å². The monoisotopic (exact) mass is 594 g/mol. The van der Waals surface area contributed by atoms with Gasteiger partial charge in [0.1, 0.15) is 11.3 Å². The number of alkyl halides is 2. The fourth-order valence-corrected chi connectivity index (χ4v) is 6.09. The van der Waals surface area contributed by atoms with E-state index in [4.69, 9.17) is 11.6 Å². The number of aromatic nitrogens is 5. The molecular formula is C30H29ClF2N6O3. The Morgan fingerprint density at radius 3 is 2.57 bits per heavy atom. The minimum Gasteiger partial charge on any atom is -0.395 e. The number of imidazole rings is 1. The van der Waals surface area contributed by atoms with Crippen LogP contribution in [0.3, 0.4) is 0 Å². The van der Waals surface area contributed by atoms with Gasteiger partial charge in [-0.3, -0.25) is 18.9 Å². The Morgan fingerprint density at radius 1 is 1.07 bits per heavy atom. The van der Waals surface area contributed by atoms with E-state index >= 15 is 0 Å². The highest BCUT2D eigenvalue weighted by Gasteiger charge is 2.27. The van der Waals surface area contributed by atoms with Crippen molar-refractivity contribution in [3.63, 3.8) is 0 Å². The van der Waals surface area contributed by atoms with E-state index in [2.05, 4.69) is 15.3 Å². The number of fused-ring (bicyclic) bond motifs is 2. The Kier molecular flexibility index (Phi) is 7.78. The summed E-state index contributed by atoms with van der Waals surface area (Å²) in [4.78, 5) is 34.8. The van der Waals surface area contributed by atoms with Crippen molar-refractivity contribution in [2.75, 3.05) is 6.61 Å². The second-order valence-corrected chi connectivity index (χ2v) is 11.1. The van der Waals surface area contributed by atoms with Crippen molar-refractivity contribution in [2.45, 2.75) is 51.2 Å². The summed E-state index contributed by atoms with van der Waals surface area (Å²) < 4.78 is 32.1. The molecule has 1 aliphatic carbocycles. The first-order valence-electron chi connectivity index (χ1n) is 13.8. The van der Waals surface area contributed by atoms with Gasteiger partial charge in [0.15, 0.2) is 0 Å². The fraction of sp³-hybridized carbons (Fsp3) is 0.333. The summed E-state index contributed by atoms with van der Waals surface area (Å²) in [7, 11) is 0. The first-order chi connectivity index (χ1) is 20.3. The van der Waals surface area contributed by atoms with Crippen LogP contribution in [0.2, 0.25) is 5.02 Å². The number of pyridine rings is 2. The molecule has 0 saturated heterocycles. The standard InChI is InChI=1S/C30H29ClF2N6O3/c31-20-14-23(26(27(32)33)34-15-20)29(41)36-21-7-5-18(6-8-21)17-38-24-3-1-2-4-25(24)39(30(38)42)22-13-19-9-10-37(11-12-40)28(19)35-16-22/h1-4,9-10,13-16,18,21,27,40H,5-8,11-12,17H2,(H,36,41)/t18-,21-. The van der Waals surface area contributed by atoms with E-state index in [1.807, 2.05) is 47.2 Å². The third-order valence-electron chi connectivity index (χ3n) is 7.98. The highest BCUT2D eigenvalue weighted by atomic mass is 35.5. The van der Waals surface area contributed by atoms with Gasteiger partial charge in [0.2, 0.25) is 0 Å². The van der Waals surface area contributed by atoms with Crippen molar-refractivity contribution < 1.29 is 18.7 Å². The number of para-hydroxylation sites is 2. The van der Waals surface area contributed by atoms with Gasteiger partial charge in [0, 0.05) is 36.9 Å². The van der Waals surface area contributed by atoms with Gasteiger partial charge in [-0.2, -0.15) is 0 Å². The molecule has 1 aliphatic rings. The number of nitrogens with one attached hydrogen (secondary N) is 1. The van der Waals surface area contributed by atoms with E-state index in [0.29, 0.717) is 31.6 Å². The van der Waals surface area contributed by atoms with Crippen LogP contribution in [0.1, 0.15) is 48.2 Å². The number of hydrogen-bond donors (Lipinski definition) is 2. The summed E-state index contributed by atoms with van der Waals surface area (Å²) >= 11 is 5.91. The molecule has 6 rings (SSSR count). The predicted octanol–water partition coefficient (Wildman–Crippen LogP) is 5.11. The zero-order valence-corrected chi connectivity index (χ0v) is 23.3. The third-order valence-corrected chi connectivity index (χ3v) is 8.19. The molecule has 1 fully saturated rings. The van der Waals surface area contributed by atoms with E-state index in [-0.39, 0.29) is 34.8 Å². The number of nitrogens with zero attached hydrogens (tertiary/aromatic N) is 5. The molecule has 0 radical (unpaired) electrons. The second-order valence-electron chi connectivity index (χ2n) is 10.6. The van der Waals surface area contributed by atoms with Crippen molar-refractivity contribution in [1.29, 1.82) is 0 Å². The largest absolute Gasteiger partial charge is 0.395 e. The topological polar surface area (TPSA) is 107 Å². The maximum atomic E-state index is 13.8. The molecule has 0 bridgehead atoms. The van der Waals surface area contributed by atoms with E-state index < -0.39 is 18.0 Å². The summed E-state index contributed by atoms with van der Waals surface area (Å²) in [6.07, 6.45) is 4.61. The molecule has 1 saturated carbocycles. The first-order valence-corrected chi connectivity index (χ1v) is 14.2. The Hall–Kier alpha value is -4.09. The van der Waals surface area contributed by atoms with Crippen molar-refractivity contribution in [3.8, 4) is 5.69 Å². The molecule has 1 amide bonds. The number of carbonyl (C=O) groups excluding carboxylic acids is 1. The SMILES string of the molecule is O=C(N[C@H]1CC[C@H](Cn2c(=O)n(-c3cnc4c(ccn4CCO)c3)c3ccccc32)CC1)c1cc(Cl)cnc1C(F)F. The van der Waals surface area contributed by atoms with E-state index in [0.717, 1.165) is 41.1 Å². The van der Waals surface area contributed by atoms with Crippen LogP contribution < -0.4 is 11.0 Å². The molecule has 12 heteroatoms. The van der Waals surface area contributed by atoms with Crippen molar-refractivity contribution in [1.82, 2.24) is 29.0 Å². The number of halogens is 3. The molecule has 4 aromatic heterocycles. The molecule has 0 atom stereocenters. The van der Waals surface area contributed by atoms with E-state index in [1.54, 1.807) is 15.3 Å². The van der Waals surface area contributed by atoms with Gasteiger partial charge in [-0.15, -0.1) is 0 Å². The molecule has 1 aromatic carbocycles. The van der Waals surface area contributed by atoms with Gasteiger partial charge in [-0.05, 0) is 61.9 Å². The highest BCUT2D eigenvalue weighted by molar-refractivity contribution is 6.30. The maximum absolute atomic E-state index is 13.8. The number of hydrogen-bond acceptors (Lipinski definition) is 5. The number of amides is 1. The molecule has 42 heavy (non-hydrogen) atoms. The smallest absolute Gasteiger partial charge is 0.333 e. The van der Waals surface area contributed by atoms with Crippen molar-refractivity contribution in [3.05, 3.63) is 87.8 Å². The first kappa shape index (κ1) is 28.0. The van der Waals surface area contributed by atoms with Gasteiger partial charge >= 0.3 is 5.69 Å². The quantitative estimate of drug-likeness (QED) is 0.260. The minimum absolute atomic E-state index is 0.00740. The number of carbonyl (C=O) groups is 1.